The maximum atomic E-state index is 4.05. The Balaban J connectivity index is 2.82. The van der Waals surface area contributed by atoms with E-state index in [1.807, 2.05) is 38.4 Å². The lowest BCUT2D eigenvalue weighted by atomic mass is 10.3. The van der Waals surface area contributed by atoms with E-state index in [9.17, 15) is 0 Å². The minimum Gasteiger partial charge on any atom is -0.285 e. The fraction of sp³-hybridized carbons (Fsp3) is 0.250. The second kappa shape index (κ2) is 4.39. The van der Waals surface area contributed by atoms with Crippen molar-refractivity contribution in [2.45, 2.75) is 0 Å². The van der Waals surface area contributed by atoms with Crippen molar-refractivity contribution in [2.24, 2.45) is 10.3 Å². The largest absolute Gasteiger partial charge is 0.285 e. The SMILES string of the molecule is CN(C)N=Nc1ccccc1I. The highest BCUT2D eigenvalue weighted by Crippen LogP contribution is 2.20. The van der Waals surface area contributed by atoms with Crippen molar-refractivity contribution in [3.8, 4) is 0 Å². The maximum absolute atomic E-state index is 4.05. The maximum Gasteiger partial charge on any atom is 0.101 e. The molecule has 0 heterocycles. The van der Waals surface area contributed by atoms with E-state index in [-0.39, 0.29) is 0 Å². The number of hydrogen-bond donors (Lipinski definition) is 0. The van der Waals surface area contributed by atoms with E-state index < -0.39 is 0 Å². The van der Waals surface area contributed by atoms with Crippen LogP contribution in [0.4, 0.5) is 5.69 Å². The Morgan fingerprint density at radius 1 is 1.25 bits per heavy atom. The van der Waals surface area contributed by atoms with Crippen LogP contribution in [0.25, 0.3) is 0 Å². The van der Waals surface area contributed by atoms with Crippen molar-refractivity contribution < 1.29 is 0 Å². The van der Waals surface area contributed by atoms with Crippen LogP contribution in [-0.4, -0.2) is 19.1 Å². The van der Waals surface area contributed by atoms with Gasteiger partial charge in [-0.1, -0.05) is 17.4 Å². The van der Waals surface area contributed by atoms with Crippen LogP contribution in [0, 0.1) is 3.57 Å². The van der Waals surface area contributed by atoms with Gasteiger partial charge in [-0.05, 0) is 34.7 Å². The van der Waals surface area contributed by atoms with Crippen LogP contribution in [-0.2, 0) is 0 Å². The molecule has 0 aromatic heterocycles. The summed E-state index contributed by atoms with van der Waals surface area (Å²) >= 11 is 2.23. The second-order valence-electron chi connectivity index (χ2n) is 2.49. The number of halogens is 1. The molecule has 0 aliphatic carbocycles. The highest BCUT2D eigenvalue weighted by Gasteiger charge is 1.94. The first-order valence-electron chi connectivity index (χ1n) is 3.53. The summed E-state index contributed by atoms with van der Waals surface area (Å²) in [5.41, 5.74) is 0.909. The zero-order chi connectivity index (χ0) is 8.97. The van der Waals surface area contributed by atoms with Gasteiger partial charge in [-0.25, -0.2) is 0 Å². The second-order valence-corrected chi connectivity index (χ2v) is 3.65. The number of rotatable bonds is 2. The zero-order valence-corrected chi connectivity index (χ0v) is 9.19. The Morgan fingerprint density at radius 2 is 1.92 bits per heavy atom. The minimum absolute atomic E-state index is 0.909. The first-order valence-corrected chi connectivity index (χ1v) is 4.61. The van der Waals surface area contributed by atoms with Gasteiger partial charge in [-0.2, -0.15) is 0 Å². The first-order chi connectivity index (χ1) is 5.70. The molecule has 0 aliphatic rings. The van der Waals surface area contributed by atoms with Crippen LogP contribution in [0.5, 0.6) is 0 Å². The van der Waals surface area contributed by atoms with Gasteiger partial charge in [0.1, 0.15) is 5.69 Å². The molecule has 1 aromatic carbocycles. The normalized spacial score (nSPS) is 10.6. The molecule has 0 spiro atoms. The summed E-state index contributed by atoms with van der Waals surface area (Å²) in [5.74, 6) is 0. The lowest BCUT2D eigenvalue weighted by Gasteiger charge is -2.00. The van der Waals surface area contributed by atoms with Crippen molar-refractivity contribution in [1.82, 2.24) is 5.01 Å². The van der Waals surface area contributed by atoms with Gasteiger partial charge in [-0.3, -0.25) is 5.01 Å². The molecule has 0 fully saturated rings. The molecule has 0 saturated carbocycles. The molecule has 12 heavy (non-hydrogen) atoms. The van der Waals surface area contributed by atoms with E-state index in [1.54, 1.807) is 5.01 Å². The summed E-state index contributed by atoms with van der Waals surface area (Å²) in [4.78, 5) is 0. The fourth-order valence-corrected chi connectivity index (χ4v) is 1.17. The molecule has 4 heteroatoms. The quantitative estimate of drug-likeness (QED) is 0.463. The van der Waals surface area contributed by atoms with Gasteiger partial charge in [-0.15, -0.1) is 5.11 Å². The monoisotopic (exact) mass is 275 g/mol. The van der Waals surface area contributed by atoms with Crippen LogP contribution < -0.4 is 0 Å². The molecular formula is C8H10IN3. The van der Waals surface area contributed by atoms with Crippen LogP contribution in [0.3, 0.4) is 0 Å². The molecule has 1 aromatic rings. The molecule has 1 rings (SSSR count). The van der Waals surface area contributed by atoms with Gasteiger partial charge in [0.15, 0.2) is 0 Å². The van der Waals surface area contributed by atoms with Crippen molar-refractivity contribution in [3.63, 3.8) is 0 Å². The molecule has 0 saturated heterocycles. The zero-order valence-electron chi connectivity index (χ0n) is 7.03. The molecule has 0 atom stereocenters. The van der Waals surface area contributed by atoms with Crippen molar-refractivity contribution in [2.75, 3.05) is 14.1 Å². The van der Waals surface area contributed by atoms with Crippen LogP contribution >= 0.6 is 22.6 Å². The predicted molar refractivity (Wildman–Crippen MR) is 57.4 cm³/mol. The Bertz CT molecular complexity index is 283. The van der Waals surface area contributed by atoms with Gasteiger partial charge in [0.25, 0.3) is 0 Å². The molecule has 0 bridgehead atoms. The van der Waals surface area contributed by atoms with E-state index in [1.165, 1.54) is 0 Å². The van der Waals surface area contributed by atoms with Gasteiger partial charge in [0.05, 0.1) is 0 Å². The van der Waals surface area contributed by atoms with Crippen LogP contribution in [0.15, 0.2) is 34.6 Å². The van der Waals surface area contributed by atoms with E-state index in [0.29, 0.717) is 0 Å². The van der Waals surface area contributed by atoms with Crippen molar-refractivity contribution in [3.05, 3.63) is 27.8 Å². The smallest absolute Gasteiger partial charge is 0.101 e. The Kier molecular flexibility index (Phi) is 3.46. The third kappa shape index (κ3) is 2.77. The van der Waals surface area contributed by atoms with Gasteiger partial charge in [0, 0.05) is 17.7 Å². The number of benzene rings is 1. The standard InChI is InChI=1S/C8H10IN3/c1-12(2)11-10-8-6-4-3-5-7(8)9/h3-6H,1-2H3. The molecule has 0 aliphatic heterocycles. The molecule has 0 amide bonds. The number of nitrogens with zero attached hydrogens (tertiary/aromatic N) is 3. The predicted octanol–water partition coefficient (Wildman–Crippen LogP) is 2.85. The minimum atomic E-state index is 0.909. The summed E-state index contributed by atoms with van der Waals surface area (Å²) in [6, 6.07) is 7.88. The highest BCUT2D eigenvalue weighted by atomic mass is 127. The summed E-state index contributed by atoms with van der Waals surface area (Å²) < 4.78 is 1.11. The summed E-state index contributed by atoms with van der Waals surface area (Å²) in [5, 5.41) is 9.63. The lowest BCUT2D eigenvalue weighted by molar-refractivity contribution is 0.408. The van der Waals surface area contributed by atoms with E-state index in [2.05, 4.69) is 32.9 Å². The number of hydrogen-bond acceptors (Lipinski definition) is 2. The average molecular weight is 275 g/mol. The van der Waals surface area contributed by atoms with Crippen LogP contribution in [0.1, 0.15) is 0 Å². The topological polar surface area (TPSA) is 28.0 Å². The Morgan fingerprint density at radius 3 is 2.50 bits per heavy atom. The van der Waals surface area contributed by atoms with Gasteiger partial charge < -0.3 is 0 Å². The Hall–Kier alpha value is -0.650. The molecule has 0 N–H and O–H groups in total. The highest BCUT2D eigenvalue weighted by molar-refractivity contribution is 14.1. The third-order valence-corrected chi connectivity index (χ3v) is 2.10. The Labute approximate surface area is 85.6 Å². The van der Waals surface area contributed by atoms with E-state index >= 15 is 0 Å². The van der Waals surface area contributed by atoms with E-state index in [0.717, 1.165) is 9.26 Å². The molecule has 0 unspecified atom stereocenters. The average Bonchev–Trinajstić information content (AvgIpc) is 2.03. The molecule has 0 radical (unpaired) electrons. The molecular weight excluding hydrogens is 265 g/mol. The third-order valence-electron chi connectivity index (χ3n) is 1.18. The van der Waals surface area contributed by atoms with Crippen molar-refractivity contribution in [1.29, 1.82) is 0 Å². The summed E-state index contributed by atoms with van der Waals surface area (Å²) in [6.45, 7) is 0. The van der Waals surface area contributed by atoms with Gasteiger partial charge in [0.2, 0.25) is 0 Å². The fourth-order valence-electron chi connectivity index (χ4n) is 0.670. The molecule has 64 valence electrons. The van der Waals surface area contributed by atoms with Crippen LogP contribution in [0.2, 0.25) is 0 Å². The van der Waals surface area contributed by atoms with Crippen molar-refractivity contribution >= 4 is 28.3 Å². The van der Waals surface area contributed by atoms with E-state index in [4.69, 9.17) is 0 Å². The first kappa shape index (κ1) is 9.44. The lowest BCUT2D eigenvalue weighted by Crippen LogP contribution is -1.98. The molecule has 3 nitrogen and oxygen atoms in total. The summed E-state index contributed by atoms with van der Waals surface area (Å²) in [6.07, 6.45) is 0. The summed E-state index contributed by atoms with van der Waals surface area (Å²) in [7, 11) is 3.69. The van der Waals surface area contributed by atoms with Gasteiger partial charge >= 0.3 is 0 Å².